The van der Waals surface area contributed by atoms with Gasteiger partial charge in [-0.05, 0) is 48.4 Å². The van der Waals surface area contributed by atoms with Gasteiger partial charge in [-0.3, -0.25) is 0 Å². The van der Waals surface area contributed by atoms with Crippen LogP contribution >= 0.6 is 0 Å². The smallest absolute Gasteiger partial charge is 0.373 e. The Morgan fingerprint density at radius 2 is 1.74 bits per heavy atom. The highest BCUT2D eigenvalue weighted by atomic mass is 16.5. The summed E-state index contributed by atoms with van der Waals surface area (Å²) in [6.45, 7) is 2.65. The van der Waals surface area contributed by atoms with E-state index in [9.17, 15) is 0 Å². The van der Waals surface area contributed by atoms with Crippen molar-refractivity contribution in [2.24, 2.45) is 0 Å². The minimum atomic E-state index is 0.250. The summed E-state index contributed by atoms with van der Waals surface area (Å²) in [4.78, 5) is 20.9. The van der Waals surface area contributed by atoms with Gasteiger partial charge in [-0.25, -0.2) is 4.98 Å². The van der Waals surface area contributed by atoms with Crippen LogP contribution in [0.5, 0.6) is 5.75 Å². The summed E-state index contributed by atoms with van der Waals surface area (Å²) in [5.74, 6) is 0.909. The monoisotopic (exact) mass is 358 g/mol. The van der Waals surface area contributed by atoms with E-state index in [-0.39, 0.29) is 6.15 Å². The van der Waals surface area contributed by atoms with Crippen molar-refractivity contribution in [1.29, 1.82) is 0 Å². The normalized spacial score (nSPS) is 9.96. The van der Waals surface area contributed by atoms with Crippen molar-refractivity contribution in [1.82, 2.24) is 9.38 Å². The van der Waals surface area contributed by atoms with E-state index in [1.807, 2.05) is 53.1 Å². The number of imidazole rings is 1. The van der Waals surface area contributed by atoms with Gasteiger partial charge in [0, 0.05) is 18.0 Å². The molecule has 0 spiro atoms. The maximum absolute atomic E-state index is 8.12. The lowest BCUT2D eigenvalue weighted by molar-refractivity contribution is -0.191. The Morgan fingerprint density at radius 1 is 1.00 bits per heavy atom. The van der Waals surface area contributed by atoms with Crippen molar-refractivity contribution in [3.63, 3.8) is 0 Å². The number of hydrogen-bond acceptors (Lipinski definition) is 4. The predicted molar refractivity (Wildman–Crippen MR) is 101 cm³/mol. The van der Waals surface area contributed by atoms with Crippen molar-refractivity contribution in [2.45, 2.75) is 13.5 Å². The number of benzene rings is 2. The Hall–Kier alpha value is -3.69. The number of aromatic nitrogens is 2. The van der Waals surface area contributed by atoms with E-state index in [1.54, 1.807) is 0 Å². The maximum Gasteiger partial charge on any atom is 0.373 e. The van der Waals surface area contributed by atoms with Gasteiger partial charge in [-0.1, -0.05) is 36.4 Å². The van der Waals surface area contributed by atoms with E-state index in [0.29, 0.717) is 6.61 Å². The number of aryl methyl sites for hydroxylation is 1. The second-order valence-corrected chi connectivity index (χ2v) is 5.93. The molecule has 0 bridgehead atoms. The molecule has 5 nitrogen and oxygen atoms in total. The molecule has 0 saturated carbocycles. The molecular formula is C22H18N2O3. The molecule has 134 valence electrons. The van der Waals surface area contributed by atoms with E-state index < -0.39 is 0 Å². The summed E-state index contributed by atoms with van der Waals surface area (Å²) in [5, 5.41) is 0. The van der Waals surface area contributed by atoms with Gasteiger partial charge in [0.1, 0.15) is 18.0 Å². The first-order chi connectivity index (χ1) is 13.2. The number of nitrogens with zero attached hydrogens (tertiary/aromatic N) is 2. The highest BCUT2D eigenvalue weighted by Gasteiger charge is 2.07. The molecule has 0 N–H and O–H groups in total. The van der Waals surface area contributed by atoms with E-state index >= 15 is 0 Å². The topological polar surface area (TPSA) is 60.7 Å². The van der Waals surface area contributed by atoms with Crippen molar-refractivity contribution in [3.05, 3.63) is 90.3 Å². The summed E-state index contributed by atoms with van der Waals surface area (Å²) in [6.07, 6.45) is 4.31. The molecule has 2 aromatic heterocycles. The Labute approximate surface area is 156 Å². The molecule has 2 heterocycles. The van der Waals surface area contributed by atoms with Crippen LogP contribution in [0.25, 0.3) is 16.9 Å². The third kappa shape index (κ3) is 4.48. The van der Waals surface area contributed by atoms with Crippen LogP contribution in [0.4, 0.5) is 0 Å². The van der Waals surface area contributed by atoms with Gasteiger partial charge in [0.2, 0.25) is 0 Å². The molecule has 2 aromatic carbocycles. The zero-order chi connectivity index (χ0) is 19.1. The average Bonchev–Trinajstić information content (AvgIpc) is 3.13. The number of rotatable bonds is 4. The summed E-state index contributed by atoms with van der Waals surface area (Å²) in [5.41, 5.74) is 5.30. The quantitative estimate of drug-likeness (QED) is 0.545. The first-order valence-electron chi connectivity index (χ1n) is 8.42. The van der Waals surface area contributed by atoms with Gasteiger partial charge >= 0.3 is 6.15 Å². The fourth-order valence-corrected chi connectivity index (χ4v) is 2.78. The Balaban J connectivity index is 0.000000659. The molecule has 0 aliphatic heterocycles. The molecule has 0 saturated heterocycles. The van der Waals surface area contributed by atoms with Gasteiger partial charge in [-0.2, -0.15) is 9.59 Å². The summed E-state index contributed by atoms with van der Waals surface area (Å²) < 4.78 is 7.98. The molecule has 0 unspecified atom stereocenters. The summed E-state index contributed by atoms with van der Waals surface area (Å²) >= 11 is 0. The zero-order valence-electron chi connectivity index (χ0n) is 14.8. The standard InChI is InChI=1S/C21H18N2O.CO2/c1-16-13-18(19-14-23-12-6-5-9-21(23)22-19)10-11-20(16)24-15-17-7-3-2-4-8-17;2-1-3/h2-14H,15H2,1H3;. The number of carbonyl (C=O) groups excluding carboxylic acids is 2. The van der Waals surface area contributed by atoms with Crippen LogP contribution < -0.4 is 4.74 Å². The lowest BCUT2D eigenvalue weighted by Crippen LogP contribution is -1.96. The Morgan fingerprint density at radius 3 is 2.44 bits per heavy atom. The molecular weight excluding hydrogens is 340 g/mol. The number of pyridine rings is 1. The van der Waals surface area contributed by atoms with Crippen molar-refractivity contribution in [2.75, 3.05) is 0 Å². The van der Waals surface area contributed by atoms with Crippen LogP contribution in [-0.4, -0.2) is 15.5 Å². The molecule has 0 aliphatic rings. The summed E-state index contributed by atoms with van der Waals surface area (Å²) in [6, 6.07) is 22.4. The second kappa shape index (κ2) is 8.61. The SMILES string of the molecule is Cc1cc(-c2cn3ccccc3n2)ccc1OCc1ccccc1.O=C=O. The van der Waals surface area contributed by atoms with Gasteiger partial charge in [0.25, 0.3) is 0 Å². The number of hydrogen-bond donors (Lipinski definition) is 0. The first kappa shape index (κ1) is 18.1. The van der Waals surface area contributed by atoms with Crippen LogP contribution in [0.3, 0.4) is 0 Å². The molecule has 0 atom stereocenters. The third-order valence-electron chi connectivity index (χ3n) is 4.07. The lowest BCUT2D eigenvalue weighted by Gasteiger charge is -2.10. The van der Waals surface area contributed by atoms with Gasteiger partial charge in [0.05, 0.1) is 5.69 Å². The lowest BCUT2D eigenvalue weighted by atomic mass is 10.1. The van der Waals surface area contributed by atoms with Gasteiger partial charge in [-0.15, -0.1) is 0 Å². The minimum absolute atomic E-state index is 0.250. The van der Waals surface area contributed by atoms with Crippen molar-refractivity contribution in [3.8, 4) is 17.0 Å². The zero-order valence-corrected chi connectivity index (χ0v) is 14.8. The molecule has 4 rings (SSSR count). The first-order valence-corrected chi connectivity index (χ1v) is 8.42. The minimum Gasteiger partial charge on any atom is -0.489 e. The van der Waals surface area contributed by atoms with Crippen LogP contribution in [0.15, 0.2) is 79.1 Å². The molecule has 0 amide bonds. The highest BCUT2D eigenvalue weighted by Crippen LogP contribution is 2.26. The molecule has 27 heavy (non-hydrogen) atoms. The fourth-order valence-electron chi connectivity index (χ4n) is 2.78. The fraction of sp³-hybridized carbons (Fsp3) is 0.0909. The largest absolute Gasteiger partial charge is 0.489 e. The van der Waals surface area contributed by atoms with Crippen LogP contribution in [0.1, 0.15) is 11.1 Å². The van der Waals surface area contributed by atoms with Crippen molar-refractivity contribution < 1.29 is 14.3 Å². The maximum atomic E-state index is 8.12. The Kier molecular flexibility index (Phi) is 5.77. The molecule has 0 fully saturated rings. The van der Waals surface area contributed by atoms with E-state index in [2.05, 4.69) is 42.4 Å². The number of ether oxygens (including phenoxy) is 1. The predicted octanol–water partition coefficient (Wildman–Crippen LogP) is 4.31. The van der Waals surface area contributed by atoms with E-state index in [4.69, 9.17) is 14.3 Å². The average molecular weight is 358 g/mol. The third-order valence-corrected chi connectivity index (χ3v) is 4.07. The second-order valence-electron chi connectivity index (χ2n) is 5.93. The van der Waals surface area contributed by atoms with Crippen LogP contribution in [-0.2, 0) is 16.2 Å². The van der Waals surface area contributed by atoms with Crippen molar-refractivity contribution >= 4 is 11.8 Å². The van der Waals surface area contributed by atoms with E-state index in [1.165, 1.54) is 5.56 Å². The Bertz CT molecular complexity index is 1030. The molecule has 0 radical (unpaired) electrons. The van der Waals surface area contributed by atoms with Crippen LogP contribution in [0, 0.1) is 6.92 Å². The van der Waals surface area contributed by atoms with Gasteiger partial charge in [0.15, 0.2) is 0 Å². The van der Waals surface area contributed by atoms with Gasteiger partial charge < -0.3 is 9.14 Å². The van der Waals surface area contributed by atoms with E-state index in [0.717, 1.165) is 28.2 Å². The summed E-state index contributed by atoms with van der Waals surface area (Å²) in [7, 11) is 0. The van der Waals surface area contributed by atoms with Crippen LogP contribution in [0.2, 0.25) is 0 Å². The highest BCUT2D eigenvalue weighted by molar-refractivity contribution is 5.64. The number of fused-ring (bicyclic) bond motifs is 1. The molecule has 4 aromatic rings. The molecule has 0 aliphatic carbocycles. The molecule has 5 heteroatoms.